The standard InChI is InChI=1S/C13H19F2NOS/c1-3-7-16-10(2)6-8-18(17)11-4-5-12(14)13(15)9-11/h4-5,9-10,16H,3,6-8H2,1-2H3. The molecule has 5 heteroatoms. The van der Waals surface area contributed by atoms with Crippen LogP contribution in [-0.2, 0) is 10.8 Å². The lowest BCUT2D eigenvalue weighted by Crippen LogP contribution is -2.28. The van der Waals surface area contributed by atoms with Gasteiger partial charge in [0.25, 0.3) is 0 Å². The van der Waals surface area contributed by atoms with E-state index >= 15 is 0 Å². The van der Waals surface area contributed by atoms with Crippen LogP contribution in [0.5, 0.6) is 0 Å². The van der Waals surface area contributed by atoms with E-state index in [9.17, 15) is 13.0 Å². The Morgan fingerprint density at radius 2 is 2.06 bits per heavy atom. The van der Waals surface area contributed by atoms with E-state index < -0.39 is 22.4 Å². The molecule has 0 fully saturated rings. The van der Waals surface area contributed by atoms with Crippen molar-refractivity contribution < 1.29 is 13.0 Å². The molecule has 0 spiro atoms. The molecule has 0 aromatic heterocycles. The summed E-state index contributed by atoms with van der Waals surface area (Å²) in [6, 6.07) is 3.68. The van der Waals surface area contributed by atoms with Crippen molar-refractivity contribution >= 4 is 10.8 Å². The van der Waals surface area contributed by atoms with Crippen LogP contribution < -0.4 is 5.32 Å². The molecule has 0 saturated carbocycles. The van der Waals surface area contributed by atoms with Gasteiger partial charge in [-0.2, -0.15) is 0 Å². The van der Waals surface area contributed by atoms with Crippen LogP contribution in [0.3, 0.4) is 0 Å². The molecule has 0 saturated heterocycles. The van der Waals surface area contributed by atoms with Gasteiger partial charge in [0, 0.05) is 16.7 Å². The van der Waals surface area contributed by atoms with Gasteiger partial charge < -0.3 is 5.32 Å². The largest absolute Gasteiger partial charge is 0.314 e. The fraction of sp³-hybridized carbons (Fsp3) is 0.538. The third-order valence-corrected chi connectivity index (χ3v) is 4.02. The smallest absolute Gasteiger partial charge is 0.160 e. The first kappa shape index (κ1) is 15.2. The predicted molar refractivity (Wildman–Crippen MR) is 70.0 cm³/mol. The maximum Gasteiger partial charge on any atom is 0.160 e. The molecule has 0 aliphatic carbocycles. The Morgan fingerprint density at radius 1 is 1.33 bits per heavy atom. The van der Waals surface area contributed by atoms with Gasteiger partial charge in [-0.1, -0.05) is 6.92 Å². The number of hydrogen-bond donors (Lipinski definition) is 1. The highest BCUT2D eigenvalue weighted by atomic mass is 32.2. The van der Waals surface area contributed by atoms with Crippen LogP contribution >= 0.6 is 0 Å². The second-order valence-electron chi connectivity index (χ2n) is 4.27. The number of hydrogen-bond acceptors (Lipinski definition) is 2. The van der Waals surface area contributed by atoms with Crippen LogP contribution in [-0.4, -0.2) is 22.5 Å². The van der Waals surface area contributed by atoms with E-state index in [2.05, 4.69) is 12.2 Å². The summed E-state index contributed by atoms with van der Waals surface area (Å²) < 4.78 is 37.6. The number of halogens is 2. The fourth-order valence-corrected chi connectivity index (χ4v) is 2.77. The molecule has 0 heterocycles. The van der Waals surface area contributed by atoms with Crippen LogP contribution in [0.1, 0.15) is 26.7 Å². The number of rotatable bonds is 7. The van der Waals surface area contributed by atoms with Gasteiger partial charge in [0.15, 0.2) is 11.6 Å². The Bertz CT molecular complexity index is 412. The molecule has 0 radical (unpaired) electrons. The van der Waals surface area contributed by atoms with Crippen LogP contribution in [0.25, 0.3) is 0 Å². The second kappa shape index (κ2) is 7.59. The van der Waals surface area contributed by atoms with E-state index in [0.717, 1.165) is 31.5 Å². The van der Waals surface area contributed by atoms with Crippen LogP contribution in [0.15, 0.2) is 23.1 Å². The molecule has 1 aromatic carbocycles. The fourth-order valence-electron chi connectivity index (χ4n) is 1.51. The van der Waals surface area contributed by atoms with Gasteiger partial charge in [-0.15, -0.1) is 0 Å². The van der Waals surface area contributed by atoms with Crippen molar-refractivity contribution in [3.05, 3.63) is 29.8 Å². The first-order valence-electron chi connectivity index (χ1n) is 6.11. The normalized spacial score (nSPS) is 14.4. The van der Waals surface area contributed by atoms with Gasteiger partial charge in [-0.05, 0) is 44.5 Å². The summed E-state index contributed by atoms with van der Waals surface area (Å²) in [5.41, 5.74) is 0. The summed E-state index contributed by atoms with van der Waals surface area (Å²) >= 11 is 0. The van der Waals surface area contributed by atoms with Gasteiger partial charge in [0.05, 0.1) is 10.8 Å². The quantitative estimate of drug-likeness (QED) is 0.829. The van der Waals surface area contributed by atoms with Crippen molar-refractivity contribution in [2.45, 2.75) is 37.6 Å². The predicted octanol–water partition coefficient (Wildman–Crippen LogP) is 2.85. The van der Waals surface area contributed by atoms with Crippen LogP contribution in [0.4, 0.5) is 8.78 Å². The Kier molecular flexibility index (Phi) is 6.43. The number of nitrogens with one attached hydrogen (secondary N) is 1. The summed E-state index contributed by atoms with van der Waals surface area (Å²) in [7, 11) is -1.27. The summed E-state index contributed by atoms with van der Waals surface area (Å²) in [5.74, 6) is -1.41. The second-order valence-corrected chi connectivity index (χ2v) is 5.84. The van der Waals surface area contributed by atoms with E-state index in [1.807, 2.05) is 6.92 Å². The Balaban J connectivity index is 2.47. The van der Waals surface area contributed by atoms with Gasteiger partial charge >= 0.3 is 0 Å². The molecule has 1 N–H and O–H groups in total. The van der Waals surface area contributed by atoms with Gasteiger partial charge in [0.2, 0.25) is 0 Å². The summed E-state index contributed by atoms with van der Waals surface area (Å²) in [6.07, 6.45) is 1.79. The summed E-state index contributed by atoms with van der Waals surface area (Å²) in [6.45, 7) is 5.04. The monoisotopic (exact) mass is 275 g/mol. The highest BCUT2D eigenvalue weighted by Gasteiger charge is 2.10. The van der Waals surface area contributed by atoms with Crippen LogP contribution in [0.2, 0.25) is 0 Å². The summed E-state index contributed by atoms with van der Waals surface area (Å²) in [5, 5.41) is 3.29. The highest BCUT2D eigenvalue weighted by Crippen LogP contribution is 2.13. The first-order valence-corrected chi connectivity index (χ1v) is 7.43. The molecule has 18 heavy (non-hydrogen) atoms. The van der Waals surface area contributed by atoms with Gasteiger partial charge in [-0.3, -0.25) is 4.21 Å². The van der Waals surface area contributed by atoms with Crippen molar-refractivity contribution in [1.29, 1.82) is 0 Å². The molecule has 1 rings (SSSR count). The van der Waals surface area contributed by atoms with E-state index in [-0.39, 0.29) is 6.04 Å². The third-order valence-electron chi connectivity index (χ3n) is 2.63. The van der Waals surface area contributed by atoms with Crippen molar-refractivity contribution in [1.82, 2.24) is 5.32 Å². The number of benzene rings is 1. The van der Waals surface area contributed by atoms with Gasteiger partial charge in [0.1, 0.15) is 0 Å². The molecule has 2 atom stereocenters. The molecule has 2 unspecified atom stereocenters. The van der Waals surface area contributed by atoms with E-state index in [1.165, 1.54) is 6.07 Å². The summed E-state index contributed by atoms with van der Waals surface area (Å²) in [4.78, 5) is 0.344. The molecule has 2 nitrogen and oxygen atoms in total. The highest BCUT2D eigenvalue weighted by molar-refractivity contribution is 7.85. The Hall–Kier alpha value is -0.810. The average Bonchev–Trinajstić information content (AvgIpc) is 2.36. The maximum atomic E-state index is 13.0. The topological polar surface area (TPSA) is 29.1 Å². The molecule has 0 amide bonds. The third kappa shape index (κ3) is 4.82. The maximum absolute atomic E-state index is 13.0. The Labute approximate surface area is 109 Å². The van der Waals surface area contributed by atoms with E-state index in [4.69, 9.17) is 0 Å². The lowest BCUT2D eigenvalue weighted by atomic mass is 10.2. The SMILES string of the molecule is CCCNC(C)CCS(=O)c1ccc(F)c(F)c1. The average molecular weight is 275 g/mol. The lowest BCUT2D eigenvalue weighted by molar-refractivity contribution is 0.505. The van der Waals surface area contributed by atoms with Crippen molar-refractivity contribution in [3.8, 4) is 0 Å². The lowest BCUT2D eigenvalue weighted by Gasteiger charge is -2.12. The minimum atomic E-state index is -1.27. The molecular weight excluding hydrogens is 256 g/mol. The molecular formula is C13H19F2NOS. The Morgan fingerprint density at radius 3 is 2.67 bits per heavy atom. The van der Waals surface area contributed by atoms with Gasteiger partial charge in [-0.25, -0.2) is 8.78 Å². The van der Waals surface area contributed by atoms with Crippen LogP contribution in [0, 0.1) is 11.6 Å². The zero-order valence-corrected chi connectivity index (χ0v) is 11.5. The van der Waals surface area contributed by atoms with E-state index in [0.29, 0.717) is 10.6 Å². The molecule has 1 aromatic rings. The minimum absolute atomic E-state index is 0.277. The minimum Gasteiger partial charge on any atom is -0.314 e. The zero-order chi connectivity index (χ0) is 13.5. The molecule has 0 aliphatic heterocycles. The molecule has 0 aliphatic rings. The molecule has 0 bridgehead atoms. The van der Waals surface area contributed by atoms with Crippen molar-refractivity contribution in [2.24, 2.45) is 0 Å². The van der Waals surface area contributed by atoms with Crippen molar-refractivity contribution in [3.63, 3.8) is 0 Å². The van der Waals surface area contributed by atoms with Crippen molar-refractivity contribution in [2.75, 3.05) is 12.3 Å². The first-order chi connectivity index (χ1) is 8.54. The van der Waals surface area contributed by atoms with E-state index in [1.54, 1.807) is 0 Å². The zero-order valence-electron chi connectivity index (χ0n) is 10.7. The molecule has 102 valence electrons.